The van der Waals surface area contributed by atoms with Gasteiger partial charge in [-0.25, -0.2) is 12.4 Å². The van der Waals surface area contributed by atoms with Gasteiger partial charge in [0, 0.05) is 35.9 Å². The van der Waals surface area contributed by atoms with Crippen LogP contribution in [0.1, 0.15) is 43.0 Å². The molecule has 3 aromatic carbocycles. The second-order valence-electron chi connectivity index (χ2n) is 9.14. The standard InChI is InChI=1S/C29H32N2O4S/c1-22(10-4-3-9-19-32)20-30-29(33)24-15-17-25(18-16-24)36(34,35)31-21-27(23-11-5-2-6-12-23)26-13-7-8-14-28(26)31/h2,5-8,11-18,21-22,32H,3-4,9-10,19-20H2,1H3,(H,30,33)/t22-/m1/s1. The van der Waals surface area contributed by atoms with Crippen molar-refractivity contribution >= 4 is 26.8 Å². The number of aliphatic hydroxyl groups excluding tert-OH is 1. The van der Waals surface area contributed by atoms with Gasteiger partial charge in [0.05, 0.1) is 10.4 Å². The number of hydrogen-bond acceptors (Lipinski definition) is 4. The fourth-order valence-electron chi connectivity index (χ4n) is 4.34. The topological polar surface area (TPSA) is 88.4 Å². The number of para-hydroxylation sites is 1. The first-order valence-electron chi connectivity index (χ1n) is 12.3. The van der Waals surface area contributed by atoms with Crippen LogP contribution in [0.4, 0.5) is 0 Å². The van der Waals surface area contributed by atoms with E-state index in [4.69, 9.17) is 5.11 Å². The molecular formula is C29H32N2O4S. The van der Waals surface area contributed by atoms with Crippen LogP contribution < -0.4 is 5.32 Å². The predicted octanol–water partition coefficient (Wildman–Crippen LogP) is 5.46. The monoisotopic (exact) mass is 504 g/mol. The second-order valence-corrected chi connectivity index (χ2v) is 11.0. The number of nitrogens with one attached hydrogen (secondary N) is 1. The van der Waals surface area contributed by atoms with Crippen molar-refractivity contribution in [1.82, 2.24) is 9.29 Å². The molecule has 0 aliphatic rings. The second kappa shape index (κ2) is 11.5. The van der Waals surface area contributed by atoms with E-state index in [9.17, 15) is 13.2 Å². The predicted molar refractivity (Wildman–Crippen MR) is 143 cm³/mol. The fourth-order valence-corrected chi connectivity index (χ4v) is 5.71. The van der Waals surface area contributed by atoms with Gasteiger partial charge in [0.2, 0.25) is 0 Å². The highest BCUT2D eigenvalue weighted by atomic mass is 32.2. The molecule has 0 saturated carbocycles. The van der Waals surface area contributed by atoms with Crippen molar-refractivity contribution in [1.29, 1.82) is 0 Å². The minimum Gasteiger partial charge on any atom is -0.396 e. The van der Waals surface area contributed by atoms with Gasteiger partial charge in [-0.3, -0.25) is 4.79 Å². The molecule has 36 heavy (non-hydrogen) atoms. The number of aliphatic hydroxyl groups is 1. The number of aromatic nitrogens is 1. The number of benzene rings is 3. The molecular weight excluding hydrogens is 472 g/mol. The molecule has 1 amide bonds. The average molecular weight is 505 g/mol. The Balaban J connectivity index is 1.51. The van der Waals surface area contributed by atoms with Crippen LogP contribution in [0.5, 0.6) is 0 Å². The normalized spacial score (nSPS) is 12.5. The molecule has 0 bridgehead atoms. The number of carbonyl (C=O) groups is 1. The lowest BCUT2D eigenvalue weighted by Crippen LogP contribution is -2.28. The largest absolute Gasteiger partial charge is 0.396 e. The van der Waals surface area contributed by atoms with Gasteiger partial charge >= 0.3 is 0 Å². The van der Waals surface area contributed by atoms with Gasteiger partial charge in [0.15, 0.2) is 0 Å². The molecule has 4 rings (SSSR count). The smallest absolute Gasteiger partial charge is 0.268 e. The molecule has 188 valence electrons. The van der Waals surface area contributed by atoms with E-state index in [0.717, 1.165) is 42.2 Å². The summed E-state index contributed by atoms with van der Waals surface area (Å²) in [6.45, 7) is 2.85. The van der Waals surface area contributed by atoms with Gasteiger partial charge in [-0.1, -0.05) is 68.3 Å². The lowest BCUT2D eigenvalue weighted by atomic mass is 10.0. The van der Waals surface area contributed by atoms with Gasteiger partial charge in [-0.2, -0.15) is 0 Å². The van der Waals surface area contributed by atoms with Crippen molar-refractivity contribution in [2.75, 3.05) is 13.2 Å². The van der Waals surface area contributed by atoms with Crippen LogP contribution in [0.15, 0.2) is 90.0 Å². The molecule has 1 atom stereocenters. The molecule has 7 heteroatoms. The highest BCUT2D eigenvalue weighted by Gasteiger charge is 2.22. The summed E-state index contributed by atoms with van der Waals surface area (Å²) in [5, 5.41) is 12.7. The van der Waals surface area contributed by atoms with Crippen molar-refractivity contribution in [3.63, 3.8) is 0 Å². The molecule has 0 aliphatic carbocycles. The van der Waals surface area contributed by atoms with E-state index >= 15 is 0 Å². The Morgan fingerprint density at radius 3 is 2.33 bits per heavy atom. The zero-order chi connectivity index (χ0) is 25.5. The van der Waals surface area contributed by atoms with Crippen LogP contribution in [0.3, 0.4) is 0 Å². The van der Waals surface area contributed by atoms with E-state index in [1.807, 2.05) is 48.5 Å². The lowest BCUT2D eigenvalue weighted by molar-refractivity contribution is 0.0947. The molecule has 1 heterocycles. The highest BCUT2D eigenvalue weighted by Crippen LogP contribution is 2.33. The Labute approximate surface area is 212 Å². The van der Waals surface area contributed by atoms with Crippen LogP contribution in [-0.2, 0) is 10.0 Å². The van der Waals surface area contributed by atoms with Gasteiger partial charge in [-0.05, 0) is 54.7 Å². The maximum Gasteiger partial charge on any atom is 0.268 e. The molecule has 0 saturated heterocycles. The summed E-state index contributed by atoms with van der Waals surface area (Å²) in [5.74, 6) is 0.104. The van der Waals surface area contributed by atoms with Crippen LogP contribution in [-0.4, -0.2) is 36.6 Å². The first-order chi connectivity index (χ1) is 17.4. The van der Waals surface area contributed by atoms with Gasteiger partial charge in [0.1, 0.15) is 0 Å². The number of rotatable bonds is 11. The summed E-state index contributed by atoms with van der Waals surface area (Å²) < 4.78 is 28.5. The van der Waals surface area contributed by atoms with Crippen LogP contribution in [0.25, 0.3) is 22.0 Å². The zero-order valence-electron chi connectivity index (χ0n) is 20.4. The van der Waals surface area contributed by atoms with Crippen LogP contribution >= 0.6 is 0 Å². The summed E-state index contributed by atoms with van der Waals surface area (Å²) in [4.78, 5) is 12.7. The maximum absolute atomic E-state index is 13.6. The van der Waals surface area contributed by atoms with E-state index in [0.29, 0.717) is 23.5 Å². The quantitative estimate of drug-likeness (QED) is 0.265. The van der Waals surface area contributed by atoms with Crippen molar-refractivity contribution in [2.45, 2.75) is 37.5 Å². The molecule has 2 N–H and O–H groups in total. The maximum atomic E-state index is 13.6. The number of amides is 1. The molecule has 4 aromatic rings. The lowest BCUT2D eigenvalue weighted by Gasteiger charge is -2.13. The number of fused-ring (bicyclic) bond motifs is 1. The van der Waals surface area contributed by atoms with Gasteiger partial charge in [-0.15, -0.1) is 0 Å². The van der Waals surface area contributed by atoms with Crippen molar-refractivity contribution in [3.8, 4) is 11.1 Å². The molecule has 0 unspecified atom stereocenters. The summed E-state index contributed by atoms with van der Waals surface area (Å²) >= 11 is 0. The third-order valence-corrected chi connectivity index (χ3v) is 8.09. The fraction of sp³-hybridized carbons (Fsp3) is 0.276. The number of hydrogen-bond donors (Lipinski definition) is 2. The van der Waals surface area contributed by atoms with Crippen molar-refractivity contribution < 1.29 is 18.3 Å². The number of nitrogens with zero attached hydrogens (tertiary/aromatic N) is 1. The molecule has 1 aromatic heterocycles. The molecule has 0 spiro atoms. The first kappa shape index (κ1) is 25.7. The summed E-state index contributed by atoms with van der Waals surface area (Å²) in [6.07, 6.45) is 5.45. The van der Waals surface area contributed by atoms with E-state index in [1.54, 1.807) is 24.4 Å². The molecule has 0 fully saturated rings. The van der Waals surface area contributed by atoms with E-state index in [-0.39, 0.29) is 17.4 Å². The Morgan fingerprint density at radius 2 is 1.61 bits per heavy atom. The van der Waals surface area contributed by atoms with E-state index in [1.165, 1.54) is 16.1 Å². The minimum atomic E-state index is -3.87. The molecule has 0 radical (unpaired) electrons. The highest BCUT2D eigenvalue weighted by molar-refractivity contribution is 7.90. The van der Waals surface area contributed by atoms with Gasteiger partial charge in [0.25, 0.3) is 15.9 Å². The van der Waals surface area contributed by atoms with Crippen LogP contribution in [0.2, 0.25) is 0 Å². The summed E-state index contributed by atoms with van der Waals surface area (Å²) in [6, 6.07) is 23.2. The summed E-state index contributed by atoms with van der Waals surface area (Å²) in [5.41, 5.74) is 2.81. The van der Waals surface area contributed by atoms with Gasteiger partial charge < -0.3 is 10.4 Å². The Hall–Kier alpha value is -3.42. The third kappa shape index (κ3) is 5.69. The van der Waals surface area contributed by atoms with Crippen molar-refractivity contribution in [2.24, 2.45) is 5.92 Å². The van der Waals surface area contributed by atoms with E-state index in [2.05, 4.69) is 12.2 Å². The van der Waals surface area contributed by atoms with Crippen molar-refractivity contribution in [3.05, 3.63) is 90.6 Å². The minimum absolute atomic E-state index is 0.122. The Kier molecular flexibility index (Phi) is 8.23. The Bertz CT molecular complexity index is 1410. The molecule has 6 nitrogen and oxygen atoms in total. The number of carbonyl (C=O) groups excluding carboxylic acids is 1. The van der Waals surface area contributed by atoms with E-state index < -0.39 is 10.0 Å². The van der Waals surface area contributed by atoms with Crippen LogP contribution in [0, 0.1) is 5.92 Å². The first-order valence-corrected chi connectivity index (χ1v) is 13.8. The third-order valence-electron chi connectivity index (χ3n) is 6.40. The zero-order valence-corrected chi connectivity index (χ0v) is 21.2. The summed E-state index contributed by atoms with van der Waals surface area (Å²) in [7, 11) is -3.87. The molecule has 0 aliphatic heterocycles. The SMILES string of the molecule is C[C@H](CCCCCO)CNC(=O)c1ccc(S(=O)(=O)n2cc(-c3ccccc3)c3ccccc32)cc1. The number of unbranched alkanes of at least 4 members (excludes halogenated alkanes) is 2. The Morgan fingerprint density at radius 1 is 0.917 bits per heavy atom. The average Bonchev–Trinajstić information content (AvgIpc) is 3.31.